The molecular weight excluding hydrogens is 366 g/mol. The quantitative estimate of drug-likeness (QED) is 0.617. The highest BCUT2D eigenvalue weighted by Gasteiger charge is 2.10. The molecule has 0 saturated heterocycles. The van der Waals surface area contributed by atoms with Gasteiger partial charge in [-0.15, -0.1) is 0 Å². The van der Waals surface area contributed by atoms with Crippen molar-refractivity contribution in [3.8, 4) is 11.5 Å². The van der Waals surface area contributed by atoms with Crippen LogP contribution in [0, 0.1) is 13.8 Å². The zero-order chi connectivity index (χ0) is 20.8. The van der Waals surface area contributed by atoms with Crippen molar-refractivity contribution < 1.29 is 14.3 Å². The summed E-state index contributed by atoms with van der Waals surface area (Å²) in [5.41, 5.74) is 4.43. The number of para-hydroxylation sites is 1. The second-order valence-electron chi connectivity index (χ2n) is 6.70. The van der Waals surface area contributed by atoms with Gasteiger partial charge in [0, 0.05) is 18.4 Å². The first-order valence-corrected chi connectivity index (χ1v) is 9.30. The standard InChI is InChI=1S/C23H25N3O3/c1-15-6-5-7-16(2)22(15)26-23(27)18-9-11-21(25-14-18)24-13-17-8-10-19(28-3)20(12-17)29-4/h5-12,14H,13H2,1-4H3,(H,24,25)(H,26,27). The minimum absolute atomic E-state index is 0.179. The van der Waals surface area contributed by atoms with Crippen LogP contribution in [0.4, 0.5) is 11.5 Å². The molecule has 0 bridgehead atoms. The number of anilines is 2. The average molecular weight is 391 g/mol. The van der Waals surface area contributed by atoms with Crippen LogP contribution in [0.5, 0.6) is 11.5 Å². The van der Waals surface area contributed by atoms with Gasteiger partial charge >= 0.3 is 0 Å². The van der Waals surface area contributed by atoms with Gasteiger partial charge in [-0.3, -0.25) is 4.79 Å². The molecular formula is C23H25N3O3. The molecule has 0 atom stereocenters. The van der Waals surface area contributed by atoms with Crippen LogP contribution in [0.25, 0.3) is 0 Å². The molecule has 0 aliphatic heterocycles. The lowest BCUT2D eigenvalue weighted by atomic mass is 10.1. The van der Waals surface area contributed by atoms with E-state index >= 15 is 0 Å². The predicted octanol–water partition coefficient (Wildman–Crippen LogP) is 4.58. The highest BCUT2D eigenvalue weighted by Crippen LogP contribution is 2.27. The number of carbonyl (C=O) groups excluding carboxylic acids is 1. The topological polar surface area (TPSA) is 72.5 Å². The maximum absolute atomic E-state index is 12.5. The third-order valence-electron chi connectivity index (χ3n) is 4.67. The van der Waals surface area contributed by atoms with Gasteiger partial charge in [0.05, 0.1) is 19.8 Å². The summed E-state index contributed by atoms with van der Waals surface area (Å²) >= 11 is 0. The van der Waals surface area contributed by atoms with Crippen molar-refractivity contribution in [3.05, 3.63) is 77.0 Å². The summed E-state index contributed by atoms with van der Waals surface area (Å²) in [6.07, 6.45) is 1.57. The van der Waals surface area contributed by atoms with Gasteiger partial charge in [0.25, 0.3) is 5.91 Å². The first-order chi connectivity index (χ1) is 14.0. The van der Waals surface area contributed by atoms with Crippen molar-refractivity contribution in [2.45, 2.75) is 20.4 Å². The second kappa shape index (κ2) is 9.10. The van der Waals surface area contributed by atoms with Gasteiger partial charge in [0.1, 0.15) is 5.82 Å². The Balaban J connectivity index is 1.63. The molecule has 6 heteroatoms. The number of benzene rings is 2. The van der Waals surface area contributed by atoms with Gasteiger partial charge in [-0.2, -0.15) is 0 Å². The monoisotopic (exact) mass is 391 g/mol. The van der Waals surface area contributed by atoms with Crippen LogP contribution in [0.15, 0.2) is 54.7 Å². The maximum atomic E-state index is 12.5. The van der Waals surface area contributed by atoms with Gasteiger partial charge in [0.15, 0.2) is 11.5 Å². The maximum Gasteiger partial charge on any atom is 0.257 e. The Morgan fingerprint density at radius 1 is 0.966 bits per heavy atom. The number of carbonyl (C=O) groups is 1. The third kappa shape index (κ3) is 4.85. The van der Waals surface area contributed by atoms with E-state index in [9.17, 15) is 4.79 Å². The van der Waals surface area contributed by atoms with Crippen molar-refractivity contribution in [2.75, 3.05) is 24.9 Å². The smallest absolute Gasteiger partial charge is 0.257 e. The molecule has 0 unspecified atom stereocenters. The number of hydrogen-bond donors (Lipinski definition) is 2. The second-order valence-corrected chi connectivity index (χ2v) is 6.70. The fourth-order valence-corrected chi connectivity index (χ4v) is 3.01. The summed E-state index contributed by atoms with van der Waals surface area (Å²) in [5.74, 6) is 1.87. The zero-order valence-corrected chi connectivity index (χ0v) is 17.1. The van der Waals surface area contributed by atoms with E-state index in [-0.39, 0.29) is 5.91 Å². The van der Waals surface area contributed by atoms with Crippen LogP contribution < -0.4 is 20.1 Å². The Kier molecular flexibility index (Phi) is 6.34. The van der Waals surface area contributed by atoms with Gasteiger partial charge < -0.3 is 20.1 Å². The van der Waals surface area contributed by atoms with Crippen LogP contribution in [-0.4, -0.2) is 25.1 Å². The Labute approximate surface area is 170 Å². The lowest BCUT2D eigenvalue weighted by Crippen LogP contribution is -2.14. The van der Waals surface area contributed by atoms with E-state index in [1.807, 2.05) is 50.2 Å². The van der Waals surface area contributed by atoms with Gasteiger partial charge in [0.2, 0.25) is 0 Å². The highest BCUT2D eigenvalue weighted by atomic mass is 16.5. The lowest BCUT2D eigenvalue weighted by molar-refractivity contribution is 0.102. The minimum Gasteiger partial charge on any atom is -0.493 e. The SMILES string of the molecule is COc1ccc(CNc2ccc(C(=O)Nc3c(C)cccc3C)cn2)cc1OC. The number of methoxy groups -OCH3 is 2. The van der Waals surface area contributed by atoms with E-state index < -0.39 is 0 Å². The molecule has 0 aliphatic carbocycles. The van der Waals surface area contributed by atoms with E-state index in [2.05, 4.69) is 15.6 Å². The molecule has 2 N–H and O–H groups in total. The summed E-state index contributed by atoms with van der Waals surface area (Å²) in [6, 6.07) is 15.2. The van der Waals surface area contributed by atoms with Crippen LogP contribution >= 0.6 is 0 Å². The Hall–Kier alpha value is -3.54. The van der Waals surface area contributed by atoms with E-state index in [1.165, 1.54) is 0 Å². The summed E-state index contributed by atoms with van der Waals surface area (Å²) in [5, 5.41) is 6.22. The van der Waals surface area contributed by atoms with Crippen LogP contribution in [0.2, 0.25) is 0 Å². The molecule has 1 heterocycles. The number of nitrogens with zero attached hydrogens (tertiary/aromatic N) is 1. The number of ether oxygens (including phenoxy) is 2. The molecule has 3 rings (SSSR count). The van der Waals surface area contributed by atoms with Crippen molar-refractivity contribution in [1.82, 2.24) is 4.98 Å². The summed E-state index contributed by atoms with van der Waals surface area (Å²) < 4.78 is 10.6. The first-order valence-electron chi connectivity index (χ1n) is 9.30. The molecule has 2 aromatic carbocycles. The molecule has 150 valence electrons. The van der Waals surface area contributed by atoms with E-state index in [4.69, 9.17) is 9.47 Å². The van der Waals surface area contributed by atoms with Crippen LogP contribution in [-0.2, 0) is 6.54 Å². The van der Waals surface area contributed by atoms with Crippen molar-refractivity contribution >= 4 is 17.4 Å². The highest BCUT2D eigenvalue weighted by molar-refractivity contribution is 6.04. The van der Waals surface area contributed by atoms with Gasteiger partial charge in [-0.1, -0.05) is 24.3 Å². The Morgan fingerprint density at radius 3 is 2.31 bits per heavy atom. The molecule has 1 aromatic heterocycles. The Bertz CT molecular complexity index is 980. The summed E-state index contributed by atoms with van der Waals surface area (Å²) in [6.45, 7) is 4.52. The van der Waals surface area contributed by atoms with Crippen molar-refractivity contribution in [2.24, 2.45) is 0 Å². The van der Waals surface area contributed by atoms with Crippen molar-refractivity contribution in [1.29, 1.82) is 0 Å². The van der Waals surface area contributed by atoms with E-state index in [1.54, 1.807) is 32.5 Å². The van der Waals surface area contributed by atoms with Crippen LogP contribution in [0.1, 0.15) is 27.0 Å². The number of pyridine rings is 1. The average Bonchev–Trinajstić information content (AvgIpc) is 2.75. The molecule has 0 fully saturated rings. The van der Waals surface area contributed by atoms with E-state index in [0.717, 1.165) is 22.4 Å². The zero-order valence-electron chi connectivity index (χ0n) is 17.1. The number of amides is 1. The molecule has 1 amide bonds. The molecule has 6 nitrogen and oxygen atoms in total. The predicted molar refractivity (Wildman–Crippen MR) is 115 cm³/mol. The molecule has 29 heavy (non-hydrogen) atoms. The lowest BCUT2D eigenvalue weighted by Gasteiger charge is -2.12. The number of rotatable bonds is 7. The minimum atomic E-state index is -0.179. The fraction of sp³-hybridized carbons (Fsp3) is 0.217. The molecule has 0 aliphatic rings. The fourth-order valence-electron chi connectivity index (χ4n) is 3.01. The number of aryl methyl sites for hydroxylation is 2. The summed E-state index contributed by atoms with van der Waals surface area (Å²) in [4.78, 5) is 16.9. The molecule has 0 saturated carbocycles. The molecule has 0 spiro atoms. The van der Waals surface area contributed by atoms with Crippen molar-refractivity contribution in [3.63, 3.8) is 0 Å². The molecule has 3 aromatic rings. The number of nitrogens with one attached hydrogen (secondary N) is 2. The Morgan fingerprint density at radius 2 is 1.69 bits per heavy atom. The number of hydrogen-bond acceptors (Lipinski definition) is 5. The van der Waals surface area contributed by atoms with E-state index in [0.29, 0.717) is 29.4 Å². The summed E-state index contributed by atoms with van der Waals surface area (Å²) in [7, 11) is 3.22. The third-order valence-corrected chi connectivity index (χ3v) is 4.67. The van der Waals surface area contributed by atoms with Gasteiger partial charge in [-0.25, -0.2) is 4.98 Å². The van der Waals surface area contributed by atoms with Gasteiger partial charge in [-0.05, 0) is 54.8 Å². The number of aromatic nitrogens is 1. The molecule has 0 radical (unpaired) electrons. The largest absolute Gasteiger partial charge is 0.493 e. The van der Waals surface area contributed by atoms with Crippen LogP contribution in [0.3, 0.4) is 0 Å². The first kappa shape index (κ1) is 20.2. The normalized spacial score (nSPS) is 10.3.